The van der Waals surface area contributed by atoms with Crippen molar-refractivity contribution in [2.75, 3.05) is 0 Å². The third-order valence-electron chi connectivity index (χ3n) is 6.21. The maximum Gasteiger partial charge on any atom is 0.138 e. The summed E-state index contributed by atoms with van der Waals surface area (Å²) >= 11 is 0. The number of halogens is 1. The van der Waals surface area contributed by atoms with Crippen molar-refractivity contribution >= 4 is 10.8 Å². The molecule has 1 heteroatoms. The molecule has 32 heavy (non-hydrogen) atoms. The van der Waals surface area contributed by atoms with Crippen LogP contribution in [0.25, 0.3) is 33.0 Å². The summed E-state index contributed by atoms with van der Waals surface area (Å²) in [6, 6.07) is 27.0. The number of rotatable bonds is 9. The molecule has 0 unspecified atom stereocenters. The number of hydrogen-bond donors (Lipinski definition) is 0. The highest BCUT2D eigenvalue weighted by molar-refractivity contribution is 5.91. The average Bonchev–Trinajstić information content (AvgIpc) is 2.84. The van der Waals surface area contributed by atoms with Crippen LogP contribution in [0.2, 0.25) is 0 Å². The molecule has 0 aliphatic carbocycles. The number of hydrogen-bond acceptors (Lipinski definition) is 0. The van der Waals surface area contributed by atoms with Crippen molar-refractivity contribution in [1.82, 2.24) is 0 Å². The van der Waals surface area contributed by atoms with Crippen LogP contribution in [0.3, 0.4) is 0 Å². The van der Waals surface area contributed by atoms with E-state index in [0.29, 0.717) is 10.9 Å². The van der Waals surface area contributed by atoms with Gasteiger partial charge in [-0.25, -0.2) is 4.39 Å². The zero-order valence-corrected chi connectivity index (χ0v) is 18.9. The fraction of sp³-hybridized carbons (Fsp3) is 0.226. The largest absolute Gasteiger partial charge is 0.206 e. The van der Waals surface area contributed by atoms with Crippen molar-refractivity contribution in [3.63, 3.8) is 0 Å². The SMILES string of the molecule is C=CCCc1ccc(-c2ccc3cc(-c4ccc(CCCCC)cc4)ccc3c2F)cc1. The van der Waals surface area contributed by atoms with E-state index >= 15 is 4.39 Å². The van der Waals surface area contributed by atoms with Crippen molar-refractivity contribution in [2.45, 2.75) is 45.4 Å². The van der Waals surface area contributed by atoms with Crippen LogP contribution in [-0.4, -0.2) is 0 Å². The summed E-state index contributed by atoms with van der Waals surface area (Å²) in [6.07, 6.45) is 8.74. The standard InChI is InChI=1S/C31H31F/c1-3-5-7-9-24-10-14-25(15-11-24)27-18-20-30-28(22-27)19-21-29(31(30)32)26-16-12-23(13-17-26)8-6-4-2/h4,10-22H,2-3,5-9H2,1H3. The average molecular weight is 423 g/mol. The minimum absolute atomic E-state index is 0.154. The van der Waals surface area contributed by atoms with Crippen molar-refractivity contribution in [1.29, 1.82) is 0 Å². The molecule has 0 heterocycles. The van der Waals surface area contributed by atoms with Gasteiger partial charge in [0.05, 0.1) is 0 Å². The van der Waals surface area contributed by atoms with Crippen LogP contribution < -0.4 is 0 Å². The summed E-state index contributed by atoms with van der Waals surface area (Å²) in [4.78, 5) is 0. The Kier molecular flexibility index (Phi) is 7.17. The molecule has 0 aromatic heterocycles. The molecular formula is C31H31F. The summed E-state index contributed by atoms with van der Waals surface area (Å²) in [7, 11) is 0. The van der Waals surface area contributed by atoms with Crippen molar-refractivity contribution in [3.8, 4) is 22.3 Å². The minimum atomic E-state index is -0.154. The summed E-state index contributed by atoms with van der Waals surface area (Å²) in [5, 5.41) is 1.59. The van der Waals surface area contributed by atoms with Crippen LogP contribution in [0.1, 0.15) is 43.7 Å². The van der Waals surface area contributed by atoms with E-state index in [-0.39, 0.29) is 5.82 Å². The Morgan fingerprint density at radius 3 is 2.06 bits per heavy atom. The Morgan fingerprint density at radius 1 is 0.719 bits per heavy atom. The summed E-state index contributed by atoms with van der Waals surface area (Å²) in [5.74, 6) is -0.154. The topological polar surface area (TPSA) is 0 Å². The molecule has 4 aromatic rings. The summed E-state index contributed by atoms with van der Waals surface area (Å²) in [6.45, 7) is 6.01. The molecular weight excluding hydrogens is 391 g/mol. The number of aryl methyl sites for hydroxylation is 2. The number of fused-ring (bicyclic) bond motifs is 1. The number of benzene rings is 4. The van der Waals surface area contributed by atoms with E-state index in [1.54, 1.807) is 0 Å². The summed E-state index contributed by atoms with van der Waals surface area (Å²) < 4.78 is 15.4. The molecule has 0 saturated heterocycles. The third kappa shape index (κ3) is 4.99. The first-order valence-corrected chi connectivity index (χ1v) is 11.7. The molecule has 0 bridgehead atoms. The van der Waals surface area contributed by atoms with E-state index in [4.69, 9.17) is 0 Å². The molecule has 0 saturated carbocycles. The molecule has 4 aromatic carbocycles. The van der Waals surface area contributed by atoms with Crippen LogP contribution in [0.5, 0.6) is 0 Å². The lowest BCUT2D eigenvalue weighted by atomic mass is 9.95. The minimum Gasteiger partial charge on any atom is -0.206 e. The van der Waals surface area contributed by atoms with Gasteiger partial charge in [-0.1, -0.05) is 98.6 Å². The van der Waals surface area contributed by atoms with Crippen molar-refractivity contribution in [3.05, 3.63) is 108 Å². The van der Waals surface area contributed by atoms with Crippen LogP contribution in [-0.2, 0) is 12.8 Å². The molecule has 0 aliphatic rings. The van der Waals surface area contributed by atoms with Gasteiger partial charge in [0.15, 0.2) is 0 Å². The monoisotopic (exact) mass is 422 g/mol. The normalized spacial score (nSPS) is 11.1. The first kappa shape index (κ1) is 22.0. The lowest BCUT2D eigenvalue weighted by Gasteiger charge is -2.10. The van der Waals surface area contributed by atoms with Crippen LogP contribution in [0, 0.1) is 5.82 Å². The quantitative estimate of drug-likeness (QED) is 0.186. The molecule has 0 nitrogen and oxygen atoms in total. The maximum atomic E-state index is 15.4. The number of allylic oxidation sites excluding steroid dienone is 1. The molecule has 0 amide bonds. The lowest BCUT2D eigenvalue weighted by Crippen LogP contribution is -1.90. The van der Waals surface area contributed by atoms with Crippen molar-refractivity contribution in [2.24, 2.45) is 0 Å². The Hall–Kier alpha value is -3.19. The Bertz CT molecular complexity index is 1180. The smallest absolute Gasteiger partial charge is 0.138 e. The molecule has 0 radical (unpaired) electrons. The molecule has 0 atom stereocenters. The fourth-order valence-electron chi connectivity index (χ4n) is 4.26. The molecule has 4 rings (SSSR count). The van der Waals surface area contributed by atoms with Gasteiger partial charge in [-0.15, -0.1) is 6.58 Å². The van der Waals surface area contributed by atoms with E-state index in [1.165, 1.54) is 36.0 Å². The second kappa shape index (κ2) is 10.4. The van der Waals surface area contributed by atoms with Crippen molar-refractivity contribution < 1.29 is 4.39 Å². The van der Waals surface area contributed by atoms with E-state index < -0.39 is 0 Å². The maximum absolute atomic E-state index is 15.4. The molecule has 0 fully saturated rings. The highest BCUT2D eigenvalue weighted by Gasteiger charge is 2.11. The van der Waals surface area contributed by atoms with Gasteiger partial charge in [0.2, 0.25) is 0 Å². The first-order chi connectivity index (χ1) is 15.7. The predicted octanol–water partition coefficient (Wildman–Crippen LogP) is 9.16. The van der Waals surface area contributed by atoms with Gasteiger partial charge in [-0.05, 0) is 65.0 Å². The molecule has 0 N–H and O–H groups in total. The van der Waals surface area contributed by atoms with Crippen LogP contribution in [0.15, 0.2) is 91.5 Å². The van der Waals surface area contributed by atoms with E-state index in [9.17, 15) is 0 Å². The molecule has 162 valence electrons. The molecule has 0 aliphatic heterocycles. The second-order valence-electron chi connectivity index (χ2n) is 8.54. The highest BCUT2D eigenvalue weighted by Crippen LogP contribution is 2.32. The fourth-order valence-corrected chi connectivity index (χ4v) is 4.26. The van der Waals surface area contributed by atoms with Gasteiger partial charge in [-0.2, -0.15) is 0 Å². The van der Waals surface area contributed by atoms with Gasteiger partial charge in [0, 0.05) is 10.9 Å². The Balaban J connectivity index is 1.57. The Morgan fingerprint density at radius 2 is 1.38 bits per heavy atom. The first-order valence-electron chi connectivity index (χ1n) is 11.7. The van der Waals surface area contributed by atoms with Gasteiger partial charge < -0.3 is 0 Å². The Labute approximate surface area is 191 Å². The number of unbranched alkanes of at least 4 members (excludes halogenated alkanes) is 2. The predicted molar refractivity (Wildman–Crippen MR) is 137 cm³/mol. The zero-order chi connectivity index (χ0) is 22.3. The summed E-state index contributed by atoms with van der Waals surface area (Å²) in [5.41, 5.74) is 6.48. The second-order valence-corrected chi connectivity index (χ2v) is 8.54. The van der Waals surface area contributed by atoms with E-state index in [2.05, 4.69) is 56.0 Å². The van der Waals surface area contributed by atoms with Crippen LogP contribution in [0.4, 0.5) is 4.39 Å². The highest BCUT2D eigenvalue weighted by atomic mass is 19.1. The zero-order valence-electron chi connectivity index (χ0n) is 18.9. The van der Waals surface area contributed by atoms with Crippen LogP contribution >= 0.6 is 0 Å². The van der Waals surface area contributed by atoms with E-state index in [1.807, 2.05) is 42.5 Å². The molecule has 0 spiro atoms. The lowest BCUT2D eigenvalue weighted by molar-refractivity contribution is 0.643. The third-order valence-corrected chi connectivity index (χ3v) is 6.21. The van der Waals surface area contributed by atoms with Gasteiger partial charge in [0.1, 0.15) is 5.82 Å². The van der Waals surface area contributed by atoms with E-state index in [0.717, 1.165) is 35.8 Å². The van der Waals surface area contributed by atoms with Gasteiger partial charge >= 0.3 is 0 Å². The van der Waals surface area contributed by atoms with Gasteiger partial charge in [-0.3, -0.25) is 0 Å². The van der Waals surface area contributed by atoms with Gasteiger partial charge in [0.25, 0.3) is 0 Å².